The van der Waals surface area contributed by atoms with Gasteiger partial charge in [0.1, 0.15) is 5.75 Å². The molecule has 0 bridgehead atoms. The summed E-state index contributed by atoms with van der Waals surface area (Å²) in [5.74, 6) is -0.0193. The van der Waals surface area contributed by atoms with Crippen molar-refractivity contribution in [2.45, 2.75) is 0 Å². The minimum atomic E-state index is -4.56. The molecule has 0 heterocycles. The summed E-state index contributed by atoms with van der Waals surface area (Å²) in [4.78, 5) is 0. The first-order valence-corrected chi connectivity index (χ1v) is 5.71. The molecule has 1 radical (unpaired) electrons. The van der Waals surface area contributed by atoms with E-state index in [1.807, 2.05) is 0 Å². The maximum absolute atomic E-state index is 10.6. The predicted molar refractivity (Wildman–Crippen MR) is 63.5 cm³/mol. The molecular weight excluding hydrogens is 271 g/mol. The van der Waals surface area contributed by atoms with E-state index in [1.54, 1.807) is 24.3 Å². The van der Waals surface area contributed by atoms with Gasteiger partial charge in [0.2, 0.25) is 0 Å². The Kier molecular flexibility index (Phi) is 4.96. The zero-order valence-corrected chi connectivity index (χ0v) is 12.9. The third-order valence-corrected chi connectivity index (χ3v) is 2.45. The summed E-state index contributed by atoms with van der Waals surface area (Å²) in [5.41, 5.74) is 0. The Bertz CT molecular complexity index is 638. The molecule has 0 unspecified atom stereocenters. The van der Waals surface area contributed by atoms with E-state index in [2.05, 4.69) is 4.18 Å². The Balaban J connectivity index is 0.00000144. The van der Waals surface area contributed by atoms with E-state index in [-0.39, 0.29) is 62.9 Å². The molecule has 7 heteroatoms. The smallest absolute Gasteiger partial charge is 0.446 e. The summed E-state index contributed by atoms with van der Waals surface area (Å²) in [6.45, 7) is 0. The number of phenolic OH excluding ortho intramolecular Hbond substituents is 1. The third-order valence-electron chi connectivity index (χ3n) is 2.06. The van der Waals surface area contributed by atoms with Crippen LogP contribution in [0.25, 0.3) is 10.8 Å². The second kappa shape index (κ2) is 5.66. The fourth-order valence-electron chi connectivity index (χ4n) is 1.44. The molecule has 2 aromatic carbocycles. The molecule has 0 aromatic heterocycles. The Morgan fingerprint density at radius 2 is 1.59 bits per heavy atom. The summed E-state index contributed by atoms with van der Waals surface area (Å²) in [6.07, 6.45) is 0. The van der Waals surface area contributed by atoms with Gasteiger partial charge in [-0.25, -0.2) is 0 Å². The van der Waals surface area contributed by atoms with Crippen LogP contribution in [0.5, 0.6) is 11.5 Å². The SMILES string of the molecule is O=S(=O)(O)Oc1ccc(O)c2ccccc12.[K]. The van der Waals surface area contributed by atoms with E-state index >= 15 is 0 Å². The van der Waals surface area contributed by atoms with Crippen LogP contribution in [-0.2, 0) is 10.4 Å². The average Bonchev–Trinajstić information content (AvgIpc) is 2.21. The van der Waals surface area contributed by atoms with Gasteiger partial charge in [-0.1, -0.05) is 24.3 Å². The summed E-state index contributed by atoms with van der Waals surface area (Å²) in [5, 5.41) is 10.4. The van der Waals surface area contributed by atoms with Crippen molar-refractivity contribution in [2.75, 3.05) is 0 Å². The first-order chi connectivity index (χ1) is 7.47. The fourth-order valence-corrected chi connectivity index (χ4v) is 1.81. The van der Waals surface area contributed by atoms with Gasteiger partial charge in [-0.05, 0) is 12.1 Å². The first-order valence-electron chi connectivity index (χ1n) is 4.35. The molecule has 2 N–H and O–H groups in total. The van der Waals surface area contributed by atoms with Crippen LogP contribution in [-0.4, -0.2) is 69.5 Å². The zero-order valence-electron chi connectivity index (χ0n) is 8.99. The standard InChI is InChI=1S/C10H8O5S.K/c11-9-5-6-10(15-16(12,13)14)8-4-2-1-3-7(8)9;/h1-6,11H,(H,12,13,14);. The fraction of sp³-hybridized carbons (Fsp3) is 0. The number of aromatic hydroxyl groups is 1. The molecule has 0 saturated heterocycles. The van der Waals surface area contributed by atoms with Crippen LogP contribution in [0.3, 0.4) is 0 Å². The Morgan fingerprint density at radius 1 is 1.00 bits per heavy atom. The molecule has 0 aliphatic heterocycles. The van der Waals surface area contributed by atoms with Crippen LogP contribution in [0.15, 0.2) is 36.4 Å². The van der Waals surface area contributed by atoms with E-state index in [0.29, 0.717) is 10.8 Å². The maximum atomic E-state index is 10.6. The van der Waals surface area contributed by atoms with Gasteiger partial charge in [-0.2, -0.15) is 8.42 Å². The number of hydrogen-bond acceptors (Lipinski definition) is 4. The minimum Gasteiger partial charge on any atom is -0.507 e. The second-order valence-corrected chi connectivity index (χ2v) is 4.16. The van der Waals surface area contributed by atoms with Gasteiger partial charge in [0.25, 0.3) is 0 Å². The molecule has 0 amide bonds. The van der Waals surface area contributed by atoms with Gasteiger partial charge in [0, 0.05) is 62.2 Å². The van der Waals surface area contributed by atoms with Crippen LogP contribution in [0.1, 0.15) is 0 Å². The molecule has 0 spiro atoms. The Morgan fingerprint density at radius 3 is 2.18 bits per heavy atom. The topological polar surface area (TPSA) is 83.8 Å². The first kappa shape index (κ1) is 14.9. The molecule has 0 aliphatic carbocycles. The molecule has 17 heavy (non-hydrogen) atoms. The Labute approximate surface area is 141 Å². The number of phenols is 1. The van der Waals surface area contributed by atoms with Gasteiger partial charge >= 0.3 is 10.4 Å². The van der Waals surface area contributed by atoms with Crippen molar-refractivity contribution in [1.82, 2.24) is 0 Å². The molecule has 0 aliphatic rings. The number of fused-ring (bicyclic) bond motifs is 1. The average molecular weight is 279 g/mol. The molecular formula is C10H8KO5S. The van der Waals surface area contributed by atoms with E-state index in [4.69, 9.17) is 4.55 Å². The quantitative estimate of drug-likeness (QED) is 0.640. The number of rotatable bonds is 2. The van der Waals surface area contributed by atoms with Gasteiger partial charge < -0.3 is 9.29 Å². The van der Waals surface area contributed by atoms with E-state index in [9.17, 15) is 13.5 Å². The zero-order chi connectivity index (χ0) is 11.8. The van der Waals surface area contributed by atoms with Crippen molar-refractivity contribution in [1.29, 1.82) is 0 Å². The van der Waals surface area contributed by atoms with Crippen LogP contribution in [0.4, 0.5) is 0 Å². The summed E-state index contributed by atoms with van der Waals surface area (Å²) >= 11 is 0. The predicted octanol–water partition coefficient (Wildman–Crippen LogP) is 1.35. The van der Waals surface area contributed by atoms with Crippen LogP contribution in [0, 0.1) is 0 Å². The van der Waals surface area contributed by atoms with E-state index in [1.165, 1.54) is 12.1 Å². The van der Waals surface area contributed by atoms with E-state index in [0.717, 1.165) is 0 Å². The van der Waals surface area contributed by atoms with Crippen LogP contribution in [0.2, 0.25) is 0 Å². The molecule has 0 fully saturated rings. The van der Waals surface area contributed by atoms with Crippen molar-refractivity contribution in [3.63, 3.8) is 0 Å². The van der Waals surface area contributed by atoms with Crippen molar-refractivity contribution in [2.24, 2.45) is 0 Å². The van der Waals surface area contributed by atoms with Crippen molar-refractivity contribution in [3.05, 3.63) is 36.4 Å². The molecule has 2 rings (SSSR count). The van der Waals surface area contributed by atoms with E-state index < -0.39 is 10.4 Å². The number of benzene rings is 2. The normalized spacial score (nSPS) is 10.9. The molecule has 0 saturated carbocycles. The van der Waals surface area contributed by atoms with Gasteiger partial charge in [-0.15, -0.1) is 0 Å². The number of hydrogen-bond donors (Lipinski definition) is 2. The summed E-state index contributed by atoms with van der Waals surface area (Å²) < 4.78 is 34.2. The Hall–Kier alpha value is -0.154. The molecule has 0 atom stereocenters. The largest absolute Gasteiger partial charge is 0.507 e. The van der Waals surface area contributed by atoms with Crippen molar-refractivity contribution in [3.8, 4) is 11.5 Å². The summed E-state index contributed by atoms with van der Waals surface area (Å²) in [6, 6.07) is 9.11. The minimum absolute atomic E-state index is 0. The van der Waals surface area contributed by atoms with Crippen molar-refractivity contribution >= 4 is 72.6 Å². The molecule has 5 nitrogen and oxygen atoms in total. The second-order valence-electron chi connectivity index (χ2n) is 3.14. The summed E-state index contributed by atoms with van der Waals surface area (Å²) in [7, 11) is -4.56. The monoisotopic (exact) mass is 279 g/mol. The van der Waals surface area contributed by atoms with Gasteiger partial charge in [0.05, 0.1) is 0 Å². The van der Waals surface area contributed by atoms with Crippen LogP contribution < -0.4 is 4.18 Å². The maximum Gasteiger partial charge on any atom is 0.446 e. The molecule has 85 valence electrons. The third kappa shape index (κ3) is 3.65. The van der Waals surface area contributed by atoms with Gasteiger partial charge in [-0.3, -0.25) is 4.55 Å². The van der Waals surface area contributed by atoms with Gasteiger partial charge in [0.15, 0.2) is 5.75 Å². The molecule has 2 aromatic rings. The van der Waals surface area contributed by atoms with Crippen molar-refractivity contribution < 1.29 is 22.3 Å². The van der Waals surface area contributed by atoms with Crippen LogP contribution >= 0.6 is 0 Å².